The van der Waals surface area contributed by atoms with Crippen LogP contribution in [0.1, 0.15) is 0 Å². The van der Waals surface area contributed by atoms with Gasteiger partial charge in [0, 0.05) is 6.20 Å². The highest BCUT2D eigenvalue weighted by atomic mass is 16.5. The van der Waals surface area contributed by atoms with Crippen molar-refractivity contribution in [1.29, 1.82) is 0 Å². The van der Waals surface area contributed by atoms with Crippen LogP contribution in [0.5, 0.6) is 11.5 Å². The zero-order valence-electron chi connectivity index (χ0n) is 9.54. The van der Waals surface area contributed by atoms with Crippen molar-refractivity contribution < 1.29 is 9.47 Å². The van der Waals surface area contributed by atoms with Crippen molar-refractivity contribution in [3.63, 3.8) is 0 Å². The zero-order valence-corrected chi connectivity index (χ0v) is 9.54. The van der Waals surface area contributed by atoms with Gasteiger partial charge in [-0.1, -0.05) is 0 Å². The first-order valence-corrected chi connectivity index (χ1v) is 5.19. The summed E-state index contributed by atoms with van der Waals surface area (Å²) < 4.78 is 12.6. The molecule has 0 saturated heterocycles. The number of benzene rings is 1. The van der Waals surface area contributed by atoms with Crippen LogP contribution < -0.4 is 9.47 Å². The molecular formula is C12H11N3O2. The lowest BCUT2D eigenvalue weighted by molar-refractivity contribution is 0.408. The maximum atomic E-state index is 5.36. The van der Waals surface area contributed by atoms with Crippen molar-refractivity contribution in [3.8, 4) is 11.5 Å². The third-order valence-corrected chi connectivity index (χ3v) is 2.74. The van der Waals surface area contributed by atoms with Crippen LogP contribution in [0.4, 0.5) is 0 Å². The average molecular weight is 229 g/mol. The number of rotatable bonds is 2. The molecular weight excluding hydrogens is 218 g/mol. The number of hydrogen-bond donors (Lipinski definition) is 0. The first-order chi connectivity index (χ1) is 8.35. The van der Waals surface area contributed by atoms with Gasteiger partial charge in [-0.05, 0) is 24.3 Å². The van der Waals surface area contributed by atoms with Crippen LogP contribution in [0.25, 0.3) is 16.7 Å². The number of methoxy groups -OCH3 is 2. The fourth-order valence-electron chi connectivity index (χ4n) is 1.95. The predicted octanol–water partition coefficient (Wildman–Crippen LogP) is 1.90. The van der Waals surface area contributed by atoms with Gasteiger partial charge in [-0.2, -0.15) is 0 Å². The minimum absolute atomic E-state index is 0.684. The number of aromatic nitrogens is 3. The van der Waals surface area contributed by atoms with E-state index in [4.69, 9.17) is 9.47 Å². The molecule has 17 heavy (non-hydrogen) atoms. The van der Waals surface area contributed by atoms with Crippen LogP contribution in [0, 0.1) is 0 Å². The Labute approximate surface area is 97.6 Å². The molecule has 0 fully saturated rings. The van der Waals surface area contributed by atoms with Gasteiger partial charge in [0.05, 0.1) is 14.2 Å². The van der Waals surface area contributed by atoms with E-state index >= 15 is 0 Å². The van der Waals surface area contributed by atoms with Crippen LogP contribution in [0.3, 0.4) is 0 Å². The summed E-state index contributed by atoms with van der Waals surface area (Å²) in [6.07, 6.45) is 1.92. The van der Waals surface area contributed by atoms with Crippen LogP contribution >= 0.6 is 0 Å². The lowest BCUT2D eigenvalue weighted by Gasteiger charge is -2.09. The quantitative estimate of drug-likeness (QED) is 0.673. The monoisotopic (exact) mass is 229 g/mol. The van der Waals surface area contributed by atoms with Crippen LogP contribution in [-0.2, 0) is 0 Å². The Morgan fingerprint density at radius 1 is 1.00 bits per heavy atom. The summed E-state index contributed by atoms with van der Waals surface area (Å²) in [5.74, 6) is 1.43. The van der Waals surface area contributed by atoms with Crippen molar-refractivity contribution in [2.45, 2.75) is 0 Å². The smallest absolute Gasteiger partial charge is 0.159 e. The average Bonchev–Trinajstić information content (AvgIpc) is 2.85. The van der Waals surface area contributed by atoms with E-state index in [9.17, 15) is 0 Å². The summed E-state index contributed by atoms with van der Waals surface area (Å²) in [7, 11) is 3.25. The molecule has 0 unspecified atom stereocenters. The Morgan fingerprint density at radius 2 is 1.76 bits per heavy atom. The van der Waals surface area contributed by atoms with Gasteiger partial charge in [0.25, 0.3) is 0 Å². The molecule has 86 valence electrons. The van der Waals surface area contributed by atoms with E-state index in [2.05, 4.69) is 10.2 Å². The highest BCUT2D eigenvalue weighted by Gasteiger charge is 2.12. The molecule has 0 aliphatic heterocycles. The first kappa shape index (κ1) is 9.89. The number of ether oxygens (including phenoxy) is 2. The Bertz CT molecular complexity index is 691. The standard InChI is InChI=1S/C12H11N3O2/c1-16-8-5-6-9(17-2)12-11(8)14-13-10-4-3-7-15(10)12/h3-7H,1-2H3. The van der Waals surface area contributed by atoms with E-state index in [0.29, 0.717) is 11.3 Å². The van der Waals surface area contributed by atoms with Gasteiger partial charge in [-0.3, -0.25) is 4.40 Å². The lowest BCUT2D eigenvalue weighted by Crippen LogP contribution is -1.98. The molecule has 0 saturated carbocycles. The molecule has 0 bridgehead atoms. The topological polar surface area (TPSA) is 48.7 Å². The summed E-state index contributed by atoms with van der Waals surface area (Å²) in [6, 6.07) is 7.50. The molecule has 2 heterocycles. The van der Waals surface area contributed by atoms with E-state index in [0.717, 1.165) is 16.9 Å². The molecule has 0 spiro atoms. The Balaban J connectivity index is 2.54. The van der Waals surface area contributed by atoms with Gasteiger partial charge in [0.1, 0.15) is 17.0 Å². The van der Waals surface area contributed by atoms with Crippen molar-refractivity contribution >= 4 is 16.7 Å². The van der Waals surface area contributed by atoms with Gasteiger partial charge in [-0.25, -0.2) is 0 Å². The second-order valence-corrected chi connectivity index (χ2v) is 3.60. The summed E-state index contributed by atoms with van der Waals surface area (Å²) in [4.78, 5) is 0. The number of fused-ring (bicyclic) bond motifs is 3. The molecule has 0 radical (unpaired) electrons. The van der Waals surface area contributed by atoms with E-state index < -0.39 is 0 Å². The van der Waals surface area contributed by atoms with E-state index in [1.165, 1.54) is 0 Å². The molecule has 0 N–H and O–H groups in total. The molecule has 2 aromatic heterocycles. The first-order valence-electron chi connectivity index (χ1n) is 5.19. The molecule has 0 amide bonds. The van der Waals surface area contributed by atoms with Crippen molar-refractivity contribution in [2.75, 3.05) is 14.2 Å². The summed E-state index contributed by atoms with van der Waals surface area (Å²) >= 11 is 0. The molecule has 3 rings (SSSR count). The summed E-state index contributed by atoms with van der Waals surface area (Å²) in [5.41, 5.74) is 2.33. The SMILES string of the molecule is COc1ccc(OC)c2c1nnc1cccn12. The minimum atomic E-state index is 0.684. The fourth-order valence-corrected chi connectivity index (χ4v) is 1.95. The third kappa shape index (κ3) is 1.32. The summed E-state index contributed by atoms with van der Waals surface area (Å²) in [5, 5.41) is 8.32. The highest BCUT2D eigenvalue weighted by Crippen LogP contribution is 2.31. The molecule has 0 aliphatic carbocycles. The predicted molar refractivity (Wildman–Crippen MR) is 63.6 cm³/mol. The lowest BCUT2D eigenvalue weighted by atomic mass is 10.2. The maximum absolute atomic E-state index is 5.36. The third-order valence-electron chi connectivity index (χ3n) is 2.74. The van der Waals surface area contributed by atoms with Crippen LogP contribution in [0.2, 0.25) is 0 Å². The van der Waals surface area contributed by atoms with Crippen molar-refractivity contribution in [3.05, 3.63) is 30.5 Å². The Hall–Kier alpha value is -2.30. The van der Waals surface area contributed by atoms with Crippen molar-refractivity contribution in [1.82, 2.24) is 14.6 Å². The normalized spacial score (nSPS) is 10.9. The van der Waals surface area contributed by atoms with Crippen molar-refractivity contribution in [2.24, 2.45) is 0 Å². The van der Waals surface area contributed by atoms with E-state index in [1.807, 2.05) is 34.9 Å². The fraction of sp³-hybridized carbons (Fsp3) is 0.167. The van der Waals surface area contributed by atoms with Gasteiger partial charge < -0.3 is 9.47 Å². The van der Waals surface area contributed by atoms with E-state index in [1.54, 1.807) is 14.2 Å². The second kappa shape index (κ2) is 3.62. The molecule has 5 heteroatoms. The highest BCUT2D eigenvalue weighted by molar-refractivity contribution is 5.88. The molecule has 3 aromatic rings. The van der Waals surface area contributed by atoms with Gasteiger partial charge >= 0.3 is 0 Å². The second-order valence-electron chi connectivity index (χ2n) is 3.60. The Kier molecular flexibility index (Phi) is 2.11. The van der Waals surface area contributed by atoms with Gasteiger partial charge in [0.15, 0.2) is 11.2 Å². The van der Waals surface area contributed by atoms with Gasteiger partial charge in [0.2, 0.25) is 0 Å². The number of hydrogen-bond acceptors (Lipinski definition) is 4. The summed E-state index contributed by atoms with van der Waals surface area (Å²) in [6.45, 7) is 0. The molecule has 1 aromatic carbocycles. The van der Waals surface area contributed by atoms with Crippen LogP contribution in [0.15, 0.2) is 30.5 Å². The van der Waals surface area contributed by atoms with Gasteiger partial charge in [-0.15, -0.1) is 10.2 Å². The molecule has 0 aliphatic rings. The molecule has 5 nitrogen and oxygen atoms in total. The maximum Gasteiger partial charge on any atom is 0.159 e. The van der Waals surface area contributed by atoms with E-state index in [-0.39, 0.29) is 0 Å². The number of nitrogens with zero attached hydrogens (tertiary/aromatic N) is 3. The molecule has 0 atom stereocenters. The zero-order chi connectivity index (χ0) is 11.8. The largest absolute Gasteiger partial charge is 0.494 e. The van der Waals surface area contributed by atoms with Crippen LogP contribution in [-0.4, -0.2) is 28.8 Å². The minimum Gasteiger partial charge on any atom is -0.494 e. The Morgan fingerprint density at radius 3 is 2.53 bits per heavy atom.